The summed E-state index contributed by atoms with van der Waals surface area (Å²) in [4.78, 5) is 31.4. The minimum atomic E-state index is -3.60. The summed E-state index contributed by atoms with van der Waals surface area (Å²) in [5.74, 6) is -9.21. The number of hydrogen-bond donors (Lipinski definition) is 3. The second-order valence-electron chi connectivity index (χ2n) is 8.99. The molecule has 9 nitrogen and oxygen atoms in total. The second-order valence-corrected chi connectivity index (χ2v) is 8.99. The number of halogens is 6. The Bertz CT molecular complexity index is 1300. The molecule has 1 aromatic carbocycles. The van der Waals surface area contributed by atoms with Gasteiger partial charge in [-0.2, -0.15) is 0 Å². The Balaban J connectivity index is 1.73. The summed E-state index contributed by atoms with van der Waals surface area (Å²) in [5.41, 5.74) is 3.98. The summed E-state index contributed by atoms with van der Waals surface area (Å²) < 4.78 is 87.5. The number of amides is 2. The predicted molar refractivity (Wildman–Crippen MR) is 115 cm³/mol. The molecule has 0 saturated heterocycles. The van der Waals surface area contributed by atoms with Crippen LogP contribution in [0.1, 0.15) is 65.2 Å². The van der Waals surface area contributed by atoms with Crippen molar-refractivity contribution in [2.45, 2.75) is 63.1 Å². The first kappa shape index (κ1) is 26.4. The first-order chi connectivity index (χ1) is 17.4. The van der Waals surface area contributed by atoms with Gasteiger partial charge in [-0.25, -0.2) is 36.0 Å². The van der Waals surface area contributed by atoms with Crippen molar-refractivity contribution in [1.82, 2.24) is 25.6 Å². The summed E-state index contributed by atoms with van der Waals surface area (Å²) >= 11 is 0. The van der Waals surface area contributed by atoms with Crippen molar-refractivity contribution < 1.29 is 40.6 Å². The van der Waals surface area contributed by atoms with Crippen molar-refractivity contribution in [3.63, 3.8) is 0 Å². The number of aryl methyl sites for hydroxylation is 1. The van der Waals surface area contributed by atoms with Crippen LogP contribution in [-0.4, -0.2) is 50.6 Å². The van der Waals surface area contributed by atoms with Gasteiger partial charge in [0.25, 0.3) is 12.3 Å². The van der Waals surface area contributed by atoms with Crippen LogP contribution in [-0.2, 0) is 4.79 Å². The molecule has 1 saturated carbocycles. The van der Waals surface area contributed by atoms with Crippen LogP contribution in [0.4, 0.5) is 26.3 Å². The molecule has 1 fully saturated rings. The number of hydrogen-bond acceptors (Lipinski definition) is 6. The Labute approximate surface area is 205 Å². The van der Waals surface area contributed by atoms with E-state index < -0.39 is 78.0 Å². The lowest BCUT2D eigenvalue weighted by atomic mass is 9.81. The van der Waals surface area contributed by atoms with Gasteiger partial charge >= 0.3 is 0 Å². The zero-order valence-corrected chi connectivity index (χ0v) is 19.3. The quantitative estimate of drug-likeness (QED) is 0.377. The van der Waals surface area contributed by atoms with Gasteiger partial charge < -0.3 is 16.0 Å². The lowest BCUT2D eigenvalue weighted by Gasteiger charge is -2.33. The fourth-order valence-corrected chi connectivity index (χ4v) is 4.54. The number of nitrogens with two attached hydrogens (primary N) is 1. The third-order valence-corrected chi connectivity index (χ3v) is 6.52. The van der Waals surface area contributed by atoms with Crippen molar-refractivity contribution in [1.29, 1.82) is 0 Å². The molecule has 1 aliphatic rings. The van der Waals surface area contributed by atoms with Gasteiger partial charge in [0.2, 0.25) is 11.8 Å². The lowest BCUT2D eigenvalue weighted by molar-refractivity contribution is -0.122. The molecular formula is C22H22F6N6O3. The monoisotopic (exact) mass is 532 g/mol. The molecule has 2 amide bonds. The molecule has 200 valence electrons. The number of benzene rings is 1. The molecule has 4 N–H and O–H groups in total. The van der Waals surface area contributed by atoms with Crippen molar-refractivity contribution in [3.8, 4) is 0 Å². The Morgan fingerprint density at radius 2 is 1.86 bits per heavy atom. The van der Waals surface area contributed by atoms with Crippen molar-refractivity contribution in [2.75, 3.05) is 0 Å². The van der Waals surface area contributed by atoms with Gasteiger partial charge in [-0.15, -0.1) is 0 Å². The minimum absolute atomic E-state index is 0.000437. The van der Waals surface area contributed by atoms with E-state index in [0.29, 0.717) is 0 Å². The predicted octanol–water partition coefficient (Wildman–Crippen LogP) is 3.86. The molecule has 15 heteroatoms. The standard InChI is InChI=1S/C22H22F6N6O3/c1-8-15(34-37-33-8)21(36)32-16(9-4-6-22(27,28)7-5-9)20-30-11-3-2-10(13(23)17(11)31-20)12(19(29)35)14(24)18(25)26/h2-3,9,12,14,16,18H,4-7H2,1H3,(H2,29,35)(H,30,31)(H,32,36)/t12?,14?,16-/m0/s1. The van der Waals surface area contributed by atoms with Crippen LogP contribution in [0, 0.1) is 18.7 Å². The molecule has 3 atom stereocenters. The van der Waals surface area contributed by atoms with Crippen molar-refractivity contribution in [2.24, 2.45) is 11.7 Å². The number of aromatic nitrogens is 4. The van der Waals surface area contributed by atoms with E-state index >= 15 is 4.39 Å². The smallest absolute Gasteiger partial charge is 0.276 e. The average Bonchev–Trinajstić information content (AvgIpc) is 3.45. The van der Waals surface area contributed by atoms with E-state index in [1.807, 2.05) is 0 Å². The molecule has 3 aromatic rings. The molecule has 2 unspecified atom stereocenters. The van der Waals surface area contributed by atoms with E-state index in [0.717, 1.165) is 6.07 Å². The maximum Gasteiger partial charge on any atom is 0.276 e. The van der Waals surface area contributed by atoms with E-state index in [-0.39, 0.29) is 35.6 Å². The maximum absolute atomic E-state index is 15.3. The Kier molecular flexibility index (Phi) is 7.15. The Morgan fingerprint density at radius 3 is 2.43 bits per heavy atom. The molecule has 2 heterocycles. The number of primary amides is 1. The largest absolute Gasteiger partial charge is 0.369 e. The molecule has 0 radical (unpaired) electrons. The molecule has 4 rings (SSSR count). The number of carbonyl (C=O) groups is 2. The molecule has 37 heavy (non-hydrogen) atoms. The van der Waals surface area contributed by atoms with Crippen LogP contribution in [0.2, 0.25) is 0 Å². The fraction of sp³-hybridized carbons (Fsp3) is 0.500. The molecule has 1 aliphatic carbocycles. The van der Waals surface area contributed by atoms with E-state index in [4.69, 9.17) is 5.73 Å². The van der Waals surface area contributed by atoms with Crippen LogP contribution in [0.5, 0.6) is 0 Å². The molecule has 0 aliphatic heterocycles. The highest BCUT2D eigenvalue weighted by atomic mass is 19.3. The van der Waals surface area contributed by atoms with Crippen LogP contribution >= 0.6 is 0 Å². The van der Waals surface area contributed by atoms with E-state index in [1.54, 1.807) is 0 Å². The highest BCUT2D eigenvalue weighted by molar-refractivity contribution is 5.93. The van der Waals surface area contributed by atoms with Crippen LogP contribution in [0.15, 0.2) is 16.8 Å². The highest BCUT2D eigenvalue weighted by Gasteiger charge is 2.41. The van der Waals surface area contributed by atoms with Gasteiger partial charge in [-0.05, 0) is 36.9 Å². The van der Waals surface area contributed by atoms with E-state index in [1.165, 1.54) is 13.0 Å². The summed E-state index contributed by atoms with van der Waals surface area (Å²) in [6.07, 6.45) is -7.54. The summed E-state index contributed by atoms with van der Waals surface area (Å²) in [6, 6.07) is 1.11. The number of aromatic amines is 1. The molecule has 2 aromatic heterocycles. The minimum Gasteiger partial charge on any atom is -0.369 e. The molecular weight excluding hydrogens is 510 g/mol. The lowest BCUT2D eigenvalue weighted by Crippen LogP contribution is -2.38. The zero-order chi connectivity index (χ0) is 27.1. The normalized spacial score (nSPS) is 18.6. The van der Waals surface area contributed by atoms with E-state index in [9.17, 15) is 31.5 Å². The average molecular weight is 532 g/mol. The van der Waals surface area contributed by atoms with Crippen molar-refractivity contribution in [3.05, 3.63) is 40.7 Å². The van der Waals surface area contributed by atoms with Gasteiger partial charge in [0.15, 0.2) is 17.7 Å². The highest BCUT2D eigenvalue weighted by Crippen LogP contribution is 2.41. The summed E-state index contributed by atoms with van der Waals surface area (Å²) in [6.45, 7) is 1.46. The number of H-pyrrole nitrogens is 1. The fourth-order valence-electron chi connectivity index (χ4n) is 4.54. The van der Waals surface area contributed by atoms with Crippen LogP contribution < -0.4 is 11.1 Å². The maximum atomic E-state index is 15.3. The van der Waals surface area contributed by atoms with Crippen LogP contribution in [0.3, 0.4) is 0 Å². The van der Waals surface area contributed by atoms with Gasteiger partial charge in [-0.1, -0.05) is 11.2 Å². The third-order valence-electron chi connectivity index (χ3n) is 6.52. The third kappa shape index (κ3) is 5.25. The topological polar surface area (TPSA) is 140 Å². The number of nitrogens with one attached hydrogen (secondary N) is 2. The Morgan fingerprint density at radius 1 is 1.19 bits per heavy atom. The number of imidazole rings is 1. The number of fused-ring (bicyclic) bond motifs is 1. The summed E-state index contributed by atoms with van der Waals surface area (Å²) in [5, 5.41) is 9.68. The van der Waals surface area contributed by atoms with Crippen LogP contribution in [0.25, 0.3) is 11.0 Å². The van der Waals surface area contributed by atoms with Gasteiger partial charge in [-0.3, -0.25) is 9.59 Å². The van der Waals surface area contributed by atoms with Gasteiger partial charge in [0.05, 0.1) is 11.6 Å². The number of rotatable bonds is 8. The van der Waals surface area contributed by atoms with Gasteiger partial charge in [0, 0.05) is 18.4 Å². The summed E-state index contributed by atoms with van der Waals surface area (Å²) in [7, 11) is 0. The first-order valence-electron chi connectivity index (χ1n) is 11.3. The number of nitrogens with zero attached hydrogens (tertiary/aromatic N) is 3. The number of carbonyl (C=O) groups excluding carboxylic acids is 2. The first-order valence-corrected chi connectivity index (χ1v) is 11.3. The SMILES string of the molecule is Cc1nonc1C(=O)N[C@H](c1nc2c(F)c(C(C(N)=O)C(F)C(F)F)ccc2[nH]1)C1CCC(F)(F)CC1. The number of alkyl halides is 5. The van der Waals surface area contributed by atoms with Gasteiger partial charge in [0.1, 0.15) is 23.0 Å². The van der Waals surface area contributed by atoms with Crippen molar-refractivity contribution >= 4 is 22.8 Å². The molecule has 0 bridgehead atoms. The molecule has 0 spiro atoms. The Hall–Kier alpha value is -3.65. The zero-order valence-electron chi connectivity index (χ0n) is 19.3. The van der Waals surface area contributed by atoms with E-state index in [2.05, 4.69) is 30.2 Å². The second kappa shape index (κ2) is 10.0.